The summed E-state index contributed by atoms with van der Waals surface area (Å²) >= 11 is 8.58. The van der Waals surface area contributed by atoms with Crippen molar-refractivity contribution in [1.82, 2.24) is 9.80 Å². The average Bonchev–Trinajstić information content (AvgIpc) is 2.15. The van der Waals surface area contributed by atoms with Crippen LogP contribution in [0.5, 0.6) is 0 Å². The van der Waals surface area contributed by atoms with Gasteiger partial charge in [0.2, 0.25) is 0 Å². The maximum atomic E-state index is 10.1. The van der Waals surface area contributed by atoms with Gasteiger partial charge in [-0.1, -0.05) is 0 Å². The van der Waals surface area contributed by atoms with Crippen molar-refractivity contribution in [2.45, 2.75) is 13.8 Å². The Kier molecular flexibility index (Phi) is 16.2. The van der Waals surface area contributed by atoms with Crippen LogP contribution in [0, 0.1) is 0 Å². The second-order valence-corrected chi connectivity index (χ2v) is 3.26. The van der Waals surface area contributed by atoms with Crippen LogP contribution in [0.25, 0.3) is 0 Å². The van der Waals surface area contributed by atoms with Gasteiger partial charge < -0.3 is 44.6 Å². The molecule has 1 radical (unpaired) electrons. The van der Waals surface area contributed by atoms with Crippen molar-refractivity contribution < 1.29 is 26.7 Å². The minimum Gasteiger partial charge on any atom is -0.719 e. The van der Waals surface area contributed by atoms with E-state index in [9.17, 15) is 9.59 Å². The molecule has 0 N–H and O–H groups in total. The van der Waals surface area contributed by atoms with Gasteiger partial charge in [-0.3, -0.25) is 0 Å². The predicted molar refractivity (Wildman–Crippen MR) is 62.1 cm³/mol. The molecule has 15 heavy (non-hydrogen) atoms. The smallest absolute Gasteiger partial charge is 0.719 e. The number of rotatable bonds is 2. The zero-order valence-electron chi connectivity index (χ0n) is 9.24. The van der Waals surface area contributed by atoms with Gasteiger partial charge in [-0.25, -0.2) is 0 Å². The largest absolute Gasteiger partial charge is 2.00 e. The Labute approximate surface area is 113 Å². The Hall–Kier alpha value is -0.101. The molecule has 0 fully saturated rings. The minimum atomic E-state index is -0.289. The van der Waals surface area contributed by atoms with Crippen molar-refractivity contribution in [1.29, 1.82) is 0 Å². The van der Waals surface area contributed by atoms with Crippen LogP contribution in [0.15, 0.2) is 0 Å². The number of hydrogen-bond donors (Lipinski definition) is 0. The van der Waals surface area contributed by atoms with Crippen LogP contribution in [0.3, 0.4) is 0 Å². The van der Waals surface area contributed by atoms with Crippen molar-refractivity contribution in [2.75, 3.05) is 27.2 Å². The molecule has 93 valence electrons. The van der Waals surface area contributed by atoms with E-state index >= 15 is 0 Å². The first-order chi connectivity index (χ1) is 6.36. The predicted octanol–water partition coefficient (Wildman–Crippen LogP) is 1.21. The first-order valence-electron chi connectivity index (χ1n) is 4.20. The summed E-state index contributed by atoms with van der Waals surface area (Å²) in [6.07, 6.45) is 0. The molecule has 2 amide bonds. The van der Waals surface area contributed by atoms with E-state index in [0.29, 0.717) is 13.1 Å². The molecule has 0 aromatic heterocycles. The molecule has 0 saturated carbocycles. The van der Waals surface area contributed by atoms with Crippen LogP contribution >= 0.6 is 0 Å². The van der Waals surface area contributed by atoms with E-state index in [1.807, 2.05) is 13.8 Å². The van der Waals surface area contributed by atoms with Gasteiger partial charge in [-0.05, 0) is 13.8 Å². The molecule has 0 unspecified atom stereocenters. The van der Waals surface area contributed by atoms with Crippen LogP contribution in [0.1, 0.15) is 13.8 Å². The van der Waals surface area contributed by atoms with Crippen molar-refractivity contribution in [3.05, 3.63) is 0 Å². The average molecular weight is 300 g/mol. The molecule has 0 aliphatic rings. The molecule has 0 rings (SSSR count). The fourth-order valence-corrected chi connectivity index (χ4v) is 0.516. The van der Waals surface area contributed by atoms with Crippen LogP contribution in [-0.4, -0.2) is 47.5 Å². The van der Waals surface area contributed by atoms with E-state index < -0.39 is 0 Å². The summed E-state index contributed by atoms with van der Waals surface area (Å²) in [6.45, 7) is 5.15. The maximum Gasteiger partial charge on any atom is 2.00 e. The van der Waals surface area contributed by atoms with Crippen molar-refractivity contribution in [2.24, 2.45) is 0 Å². The van der Waals surface area contributed by atoms with Gasteiger partial charge in [0.25, 0.3) is 0 Å². The molecule has 0 heterocycles. The number of carbonyl (C=O) groups excluding carboxylic acids is 2. The first kappa shape index (κ1) is 20.3. The molecular weight excluding hydrogens is 284 g/mol. The van der Waals surface area contributed by atoms with Crippen LogP contribution in [0.4, 0.5) is 9.59 Å². The van der Waals surface area contributed by atoms with E-state index in [2.05, 4.69) is 25.3 Å². The molecule has 0 atom stereocenters. The molecule has 0 aromatic carbocycles. The number of hydrogen-bond acceptors (Lipinski definition) is 4. The second kappa shape index (κ2) is 12.0. The van der Waals surface area contributed by atoms with Crippen molar-refractivity contribution in [3.8, 4) is 0 Å². The summed E-state index contributed by atoms with van der Waals surface area (Å²) in [4.78, 5) is 23.2. The molecule has 7 heteroatoms. The van der Waals surface area contributed by atoms with E-state index in [-0.39, 0.29) is 27.5 Å². The summed E-state index contributed by atoms with van der Waals surface area (Å²) < 4.78 is 0. The third-order valence-electron chi connectivity index (χ3n) is 1.57. The third-order valence-corrected chi connectivity index (χ3v) is 2.20. The zero-order chi connectivity index (χ0) is 11.7. The standard InChI is InChI=1S/2C4H9NOS.Cu/c2*1-3-5(2)4(6)7;/h2*3H2,1-2H3,(H,6,7);/q;;+2/p-2. The Morgan fingerprint density at radius 1 is 0.933 bits per heavy atom. The third kappa shape index (κ3) is 13.9. The van der Waals surface area contributed by atoms with E-state index in [1.54, 1.807) is 14.1 Å². The van der Waals surface area contributed by atoms with Crippen LogP contribution in [0.2, 0.25) is 0 Å². The Balaban J connectivity index is -0.000000180. The summed E-state index contributed by atoms with van der Waals surface area (Å²) in [5, 5.41) is -0.579. The summed E-state index contributed by atoms with van der Waals surface area (Å²) in [7, 11) is 3.35. The minimum absolute atomic E-state index is 0. The zero-order valence-corrected chi connectivity index (χ0v) is 11.8. The van der Waals surface area contributed by atoms with Gasteiger partial charge >= 0.3 is 17.1 Å². The maximum absolute atomic E-state index is 10.1. The molecule has 0 spiro atoms. The van der Waals surface area contributed by atoms with Crippen molar-refractivity contribution in [3.63, 3.8) is 0 Å². The van der Waals surface area contributed by atoms with E-state index in [0.717, 1.165) is 0 Å². The van der Waals surface area contributed by atoms with Gasteiger partial charge in [0, 0.05) is 27.2 Å². The summed E-state index contributed by atoms with van der Waals surface area (Å²) in [5.41, 5.74) is 0. The number of carbonyl (C=O) groups is 2. The molecular formula is C8H16CuN2O2S2. The van der Waals surface area contributed by atoms with Crippen LogP contribution < -0.4 is 0 Å². The fraction of sp³-hybridized carbons (Fsp3) is 0.750. The fourth-order valence-electron chi connectivity index (χ4n) is 0.258. The SMILES string of the molecule is CCN(C)C(=O)[S-].CCN(C)C(=O)[S-].[Cu+2]. The van der Waals surface area contributed by atoms with Gasteiger partial charge in [0.15, 0.2) is 0 Å². The summed E-state index contributed by atoms with van der Waals surface area (Å²) in [6, 6.07) is 0. The van der Waals surface area contributed by atoms with Crippen molar-refractivity contribution >= 4 is 35.7 Å². The normalized spacial score (nSPS) is 7.73. The number of nitrogens with zero attached hydrogens (tertiary/aromatic N) is 2. The molecule has 0 bridgehead atoms. The quantitative estimate of drug-likeness (QED) is 0.568. The first-order valence-corrected chi connectivity index (χ1v) is 5.02. The summed E-state index contributed by atoms with van der Waals surface area (Å²) in [5.74, 6) is 0. The Morgan fingerprint density at radius 3 is 1.13 bits per heavy atom. The van der Waals surface area contributed by atoms with Gasteiger partial charge in [-0.2, -0.15) is 0 Å². The molecule has 4 nitrogen and oxygen atoms in total. The van der Waals surface area contributed by atoms with Crippen LogP contribution in [-0.2, 0) is 42.3 Å². The Morgan fingerprint density at radius 2 is 1.13 bits per heavy atom. The molecule has 0 aliphatic carbocycles. The molecule has 0 aliphatic heterocycles. The topological polar surface area (TPSA) is 40.6 Å². The Bertz CT molecular complexity index is 173. The van der Waals surface area contributed by atoms with Gasteiger partial charge in [-0.15, -0.1) is 0 Å². The monoisotopic (exact) mass is 299 g/mol. The molecule has 0 saturated heterocycles. The second-order valence-electron chi connectivity index (χ2n) is 2.56. The molecule has 0 aromatic rings. The van der Waals surface area contributed by atoms with Gasteiger partial charge in [0.05, 0.1) is 0 Å². The van der Waals surface area contributed by atoms with Gasteiger partial charge in [0.1, 0.15) is 10.5 Å². The van der Waals surface area contributed by atoms with E-state index in [4.69, 9.17) is 0 Å². The van der Waals surface area contributed by atoms with E-state index in [1.165, 1.54) is 9.80 Å². The number of amides is 2.